The Bertz CT molecular complexity index is 483. The highest BCUT2D eigenvalue weighted by Crippen LogP contribution is 2.19. The Morgan fingerprint density at radius 3 is 2.95 bits per heavy atom. The predicted molar refractivity (Wildman–Crippen MR) is 70.0 cm³/mol. The molecule has 2 aromatic rings. The smallest absolute Gasteiger partial charge is 0.263 e. The predicted octanol–water partition coefficient (Wildman–Crippen LogP) is 3.07. The fraction of sp³-hybridized carbons (Fsp3) is 0.357. The number of imidazole rings is 1. The normalized spacial score (nSPS) is 11.1. The summed E-state index contributed by atoms with van der Waals surface area (Å²) < 4.78 is 25.0. The highest BCUT2D eigenvalue weighted by atomic mass is 19.3. The summed E-state index contributed by atoms with van der Waals surface area (Å²) in [6.07, 6.45) is 2.98. The molecule has 0 radical (unpaired) electrons. The summed E-state index contributed by atoms with van der Waals surface area (Å²) in [4.78, 5) is 7.18. The van der Waals surface area contributed by atoms with Crippen LogP contribution in [-0.2, 0) is 13.0 Å². The van der Waals surface area contributed by atoms with Crippen LogP contribution in [0.5, 0.6) is 0 Å². The van der Waals surface area contributed by atoms with E-state index in [0.29, 0.717) is 6.54 Å². The number of aromatic amines is 1. The van der Waals surface area contributed by atoms with Crippen LogP contribution in [0.1, 0.15) is 29.8 Å². The van der Waals surface area contributed by atoms with Crippen LogP contribution in [0.15, 0.2) is 36.7 Å². The maximum Gasteiger partial charge on any atom is 0.263 e. The van der Waals surface area contributed by atoms with Gasteiger partial charge in [-0.15, -0.1) is 0 Å². The third kappa shape index (κ3) is 4.44. The molecule has 0 saturated carbocycles. The number of aryl methyl sites for hydroxylation is 1. The van der Waals surface area contributed by atoms with Crippen molar-refractivity contribution in [2.24, 2.45) is 0 Å². The van der Waals surface area contributed by atoms with Gasteiger partial charge in [0, 0.05) is 30.9 Å². The van der Waals surface area contributed by atoms with Gasteiger partial charge >= 0.3 is 0 Å². The van der Waals surface area contributed by atoms with Gasteiger partial charge < -0.3 is 10.3 Å². The first kappa shape index (κ1) is 13.7. The molecule has 0 saturated heterocycles. The molecule has 102 valence electrons. The second-order valence-corrected chi connectivity index (χ2v) is 4.36. The van der Waals surface area contributed by atoms with Gasteiger partial charge in [-0.05, 0) is 24.6 Å². The Balaban J connectivity index is 1.69. The number of aromatic nitrogens is 2. The van der Waals surface area contributed by atoms with Crippen molar-refractivity contribution in [3.05, 3.63) is 53.6 Å². The summed E-state index contributed by atoms with van der Waals surface area (Å²) in [5.74, 6) is 0.974. The minimum absolute atomic E-state index is 0.0786. The zero-order chi connectivity index (χ0) is 13.5. The number of alkyl halides is 2. The molecule has 0 aliphatic carbocycles. The molecule has 0 aliphatic rings. The van der Waals surface area contributed by atoms with Gasteiger partial charge in [-0.2, -0.15) is 0 Å². The number of hydrogen-bond acceptors (Lipinski definition) is 2. The van der Waals surface area contributed by atoms with Crippen LogP contribution < -0.4 is 5.32 Å². The summed E-state index contributed by atoms with van der Waals surface area (Å²) in [5, 5.41) is 3.24. The van der Waals surface area contributed by atoms with Crippen molar-refractivity contribution in [1.82, 2.24) is 15.3 Å². The van der Waals surface area contributed by atoms with Crippen LogP contribution >= 0.6 is 0 Å². The highest BCUT2D eigenvalue weighted by Gasteiger charge is 2.06. The molecule has 3 nitrogen and oxygen atoms in total. The summed E-state index contributed by atoms with van der Waals surface area (Å²) >= 11 is 0. The van der Waals surface area contributed by atoms with Crippen LogP contribution in [0, 0.1) is 0 Å². The second kappa shape index (κ2) is 6.99. The van der Waals surface area contributed by atoms with Gasteiger partial charge in [0.15, 0.2) is 0 Å². The van der Waals surface area contributed by atoms with Crippen molar-refractivity contribution >= 4 is 0 Å². The Labute approximate surface area is 111 Å². The number of H-pyrrole nitrogens is 1. The average Bonchev–Trinajstić information content (AvgIpc) is 2.92. The van der Waals surface area contributed by atoms with Crippen LogP contribution in [-0.4, -0.2) is 16.5 Å². The second-order valence-electron chi connectivity index (χ2n) is 4.36. The molecule has 5 heteroatoms. The van der Waals surface area contributed by atoms with Gasteiger partial charge in [0.2, 0.25) is 0 Å². The topological polar surface area (TPSA) is 40.7 Å². The lowest BCUT2D eigenvalue weighted by atomic mass is 10.1. The van der Waals surface area contributed by atoms with E-state index < -0.39 is 6.43 Å². The van der Waals surface area contributed by atoms with E-state index in [2.05, 4.69) is 15.3 Å². The summed E-state index contributed by atoms with van der Waals surface area (Å²) in [5.41, 5.74) is 0.964. The van der Waals surface area contributed by atoms with Crippen molar-refractivity contribution < 1.29 is 8.78 Å². The molecule has 0 bridgehead atoms. The van der Waals surface area contributed by atoms with Gasteiger partial charge in [-0.3, -0.25) is 0 Å². The van der Waals surface area contributed by atoms with E-state index in [0.717, 1.165) is 30.8 Å². The molecule has 2 N–H and O–H groups in total. The fourth-order valence-corrected chi connectivity index (χ4v) is 1.89. The number of benzene rings is 1. The number of halogens is 2. The largest absolute Gasteiger partial charge is 0.349 e. The molecule has 0 unspecified atom stereocenters. The zero-order valence-electron chi connectivity index (χ0n) is 10.6. The van der Waals surface area contributed by atoms with Crippen LogP contribution in [0.4, 0.5) is 8.78 Å². The molecule has 19 heavy (non-hydrogen) atoms. The number of hydrogen-bond donors (Lipinski definition) is 2. The Kier molecular flexibility index (Phi) is 5.03. The van der Waals surface area contributed by atoms with Gasteiger partial charge in [-0.1, -0.05) is 18.2 Å². The Morgan fingerprint density at radius 1 is 1.32 bits per heavy atom. The van der Waals surface area contributed by atoms with Crippen LogP contribution in [0.25, 0.3) is 0 Å². The molecule has 0 amide bonds. The number of nitrogens with one attached hydrogen (secondary N) is 2. The van der Waals surface area contributed by atoms with E-state index in [-0.39, 0.29) is 5.56 Å². The monoisotopic (exact) mass is 265 g/mol. The molecule has 1 heterocycles. The highest BCUT2D eigenvalue weighted by molar-refractivity contribution is 5.24. The van der Waals surface area contributed by atoms with Crippen LogP contribution in [0.3, 0.4) is 0 Å². The third-order valence-electron chi connectivity index (χ3n) is 2.85. The maximum atomic E-state index is 12.5. The average molecular weight is 265 g/mol. The summed E-state index contributed by atoms with van der Waals surface area (Å²) in [7, 11) is 0. The van der Waals surface area contributed by atoms with E-state index in [4.69, 9.17) is 0 Å². The number of rotatable bonds is 7. The molecule has 0 atom stereocenters. The fourth-order valence-electron chi connectivity index (χ4n) is 1.89. The first-order chi connectivity index (χ1) is 9.25. The van der Waals surface area contributed by atoms with Crippen LogP contribution in [0.2, 0.25) is 0 Å². The van der Waals surface area contributed by atoms with E-state index in [9.17, 15) is 8.78 Å². The van der Waals surface area contributed by atoms with Crippen molar-refractivity contribution in [1.29, 1.82) is 0 Å². The molecule has 0 spiro atoms. The molecular formula is C14H17F2N3. The Hall–Kier alpha value is -1.75. The molecule has 0 fully saturated rings. The van der Waals surface area contributed by atoms with E-state index in [1.807, 2.05) is 6.07 Å². The zero-order valence-corrected chi connectivity index (χ0v) is 10.6. The van der Waals surface area contributed by atoms with E-state index in [1.165, 1.54) is 6.07 Å². The van der Waals surface area contributed by atoms with Crippen molar-refractivity contribution in [3.8, 4) is 0 Å². The van der Waals surface area contributed by atoms with Gasteiger partial charge in [-0.25, -0.2) is 13.8 Å². The minimum atomic E-state index is -2.40. The molecule has 0 aliphatic heterocycles. The lowest BCUT2D eigenvalue weighted by Crippen LogP contribution is -2.15. The standard InChI is InChI=1S/C14H17F2N3/c15-14(16)12-4-1-3-11(9-12)10-17-6-2-5-13-18-7-8-19-13/h1,3-4,7-9,14,17H,2,5-6,10H2,(H,18,19). The summed E-state index contributed by atoms with van der Waals surface area (Å²) in [6.45, 7) is 1.44. The Morgan fingerprint density at radius 2 is 2.21 bits per heavy atom. The lowest BCUT2D eigenvalue weighted by Gasteiger charge is -2.06. The van der Waals surface area contributed by atoms with Gasteiger partial charge in [0.1, 0.15) is 5.82 Å². The molecule has 1 aromatic carbocycles. The molecule has 1 aromatic heterocycles. The van der Waals surface area contributed by atoms with Gasteiger partial charge in [0.25, 0.3) is 6.43 Å². The first-order valence-corrected chi connectivity index (χ1v) is 6.31. The first-order valence-electron chi connectivity index (χ1n) is 6.31. The van der Waals surface area contributed by atoms with Gasteiger partial charge in [0.05, 0.1) is 0 Å². The SMILES string of the molecule is FC(F)c1cccc(CNCCCc2ncc[nH]2)c1. The molecule has 2 rings (SSSR count). The minimum Gasteiger partial charge on any atom is -0.349 e. The van der Waals surface area contributed by atoms with E-state index >= 15 is 0 Å². The summed E-state index contributed by atoms with van der Waals surface area (Å²) in [6, 6.07) is 6.52. The third-order valence-corrected chi connectivity index (χ3v) is 2.85. The maximum absolute atomic E-state index is 12.5. The van der Waals surface area contributed by atoms with Crippen molar-refractivity contribution in [3.63, 3.8) is 0 Å². The lowest BCUT2D eigenvalue weighted by molar-refractivity contribution is 0.151. The van der Waals surface area contributed by atoms with Crippen molar-refractivity contribution in [2.45, 2.75) is 25.8 Å². The van der Waals surface area contributed by atoms with E-state index in [1.54, 1.807) is 24.5 Å². The van der Waals surface area contributed by atoms with Crippen molar-refractivity contribution in [2.75, 3.05) is 6.54 Å². The number of nitrogens with zero attached hydrogens (tertiary/aromatic N) is 1. The molecular weight excluding hydrogens is 248 g/mol. The quantitative estimate of drug-likeness (QED) is 0.755.